The summed E-state index contributed by atoms with van der Waals surface area (Å²) >= 11 is 0. The molecule has 3 heteroatoms. The highest BCUT2D eigenvalue weighted by atomic mass is 16.5. The van der Waals surface area contributed by atoms with Crippen LogP contribution in [0.15, 0.2) is 30.3 Å². The molecule has 1 aliphatic rings. The molecule has 1 aromatic rings. The summed E-state index contributed by atoms with van der Waals surface area (Å²) in [6.45, 7) is 5.78. The van der Waals surface area contributed by atoms with Crippen molar-refractivity contribution in [3.05, 3.63) is 35.9 Å². The first kappa shape index (κ1) is 10.6. The number of rotatable bonds is 3. The zero-order valence-electron chi connectivity index (χ0n) is 9.15. The van der Waals surface area contributed by atoms with Crippen molar-refractivity contribution in [3.8, 4) is 0 Å². The minimum Gasteiger partial charge on any atom is -0.379 e. The molecule has 0 bridgehead atoms. The molecule has 15 heavy (non-hydrogen) atoms. The predicted octanol–water partition coefficient (Wildman–Crippen LogP) is 1.58. The highest BCUT2D eigenvalue weighted by Gasteiger charge is 2.13. The molecule has 1 atom stereocenters. The number of hydrazine groups is 1. The quantitative estimate of drug-likeness (QED) is 0.812. The molecule has 82 valence electrons. The van der Waals surface area contributed by atoms with Crippen molar-refractivity contribution in [2.45, 2.75) is 13.0 Å². The maximum Gasteiger partial charge on any atom is 0.0608 e. The fourth-order valence-electron chi connectivity index (χ4n) is 1.78. The minimum atomic E-state index is 0.365. The number of hydrogen-bond donors (Lipinski definition) is 1. The van der Waals surface area contributed by atoms with Crippen LogP contribution in [-0.4, -0.2) is 31.3 Å². The van der Waals surface area contributed by atoms with Crippen LogP contribution in [0.2, 0.25) is 0 Å². The second-order valence-electron chi connectivity index (χ2n) is 3.86. The summed E-state index contributed by atoms with van der Waals surface area (Å²) < 4.78 is 5.31. The van der Waals surface area contributed by atoms with Gasteiger partial charge in [-0.2, -0.15) is 0 Å². The van der Waals surface area contributed by atoms with Crippen molar-refractivity contribution >= 4 is 0 Å². The fraction of sp³-hybridized carbons (Fsp3) is 0.500. The third kappa shape index (κ3) is 3.02. The Morgan fingerprint density at radius 2 is 1.87 bits per heavy atom. The molecule has 1 aliphatic heterocycles. The molecule has 0 radical (unpaired) electrons. The molecule has 1 heterocycles. The average molecular weight is 206 g/mol. The van der Waals surface area contributed by atoms with Crippen LogP contribution in [0.1, 0.15) is 18.5 Å². The second kappa shape index (κ2) is 5.26. The Morgan fingerprint density at radius 1 is 1.20 bits per heavy atom. The van der Waals surface area contributed by atoms with E-state index < -0.39 is 0 Å². The summed E-state index contributed by atoms with van der Waals surface area (Å²) in [5.74, 6) is 0. The Labute approximate surface area is 91.0 Å². The van der Waals surface area contributed by atoms with E-state index in [2.05, 4.69) is 41.6 Å². The monoisotopic (exact) mass is 206 g/mol. The Kier molecular flexibility index (Phi) is 3.72. The highest BCUT2D eigenvalue weighted by molar-refractivity contribution is 5.17. The molecule has 0 aliphatic carbocycles. The molecule has 0 aromatic heterocycles. The number of benzene rings is 1. The molecule has 1 unspecified atom stereocenters. The van der Waals surface area contributed by atoms with Gasteiger partial charge in [0.25, 0.3) is 0 Å². The van der Waals surface area contributed by atoms with E-state index >= 15 is 0 Å². The van der Waals surface area contributed by atoms with Gasteiger partial charge < -0.3 is 4.74 Å². The van der Waals surface area contributed by atoms with E-state index in [0.29, 0.717) is 6.04 Å². The standard InChI is InChI=1S/C12H18N2O/c1-11(12-5-3-2-4-6-12)13-14-7-9-15-10-8-14/h2-6,11,13H,7-10H2,1H3. The molecular weight excluding hydrogens is 188 g/mol. The van der Waals surface area contributed by atoms with Crippen LogP contribution in [-0.2, 0) is 4.74 Å². The van der Waals surface area contributed by atoms with E-state index in [9.17, 15) is 0 Å². The van der Waals surface area contributed by atoms with E-state index in [-0.39, 0.29) is 0 Å². The Hall–Kier alpha value is -0.900. The summed E-state index contributed by atoms with van der Waals surface area (Å²) in [7, 11) is 0. The van der Waals surface area contributed by atoms with E-state index in [4.69, 9.17) is 4.74 Å². The van der Waals surface area contributed by atoms with Crippen LogP contribution in [0.5, 0.6) is 0 Å². The smallest absolute Gasteiger partial charge is 0.0608 e. The molecule has 3 nitrogen and oxygen atoms in total. The maximum atomic E-state index is 5.31. The van der Waals surface area contributed by atoms with Gasteiger partial charge in [-0.1, -0.05) is 30.3 Å². The first-order chi connectivity index (χ1) is 7.36. The maximum absolute atomic E-state index is 5.31. The van der Waals surface area contributed by atoms with Gasteiger partial charge in [-0.25, -0.2) is 10.4 Å². The van der Waals surface area contributed by atoms with Crippen molar-refractivity contribution < 1.29 is 4.74 Å². The summed E-state index contributed by atoms with van der Waals surface area (Å²) in [5.41, 5.74) is 4.81. The van der Waals surface area contributed by atoms with E-state index in [1.54, 1.807) is 0 Å². The third-order valence-electron chi connectivity index (χ3n) is 2.69. The van der Waals surface area contributed by atoms with Gasteiger partial charge in [-0.15, -0.1) is 0 Å². The van der Waals surface area contributed by atoms with E-state index in [1.807, 2.05) is 6.07 Å². The predicted molar refractivity (Wildman–Crippen MR) is 60.4 cm³/mol. The molecule has 1 aromatic carbocycles. The Bertz CT molecular complexity index is 283. The van der Waals surface area contributed by atoms with Gasteiger partial charge in [0, 0.05) is 19.1 Å². The zero-order valence-corrected chi connectivity index (χ0v) is 9.15. The lowest BCUT2D eigenvalue weighted by Crippen LogP contribution is -2.46. The number of ether oxygens (including phenoxy) is 1. The van der Waals surface area contributed by atoms with Crippen LogP contribution in [0.4, 0.5) is 0 Å². The van der Waals surface area contributed by atoms with Crippen LogP contribution in [0.25, 0.3) is 0 Å². The molecule has 0 saturated carbocycles. The van der Waals surface area contributed by atoms with Gasteiger partial charge in [0.05, 0.1) is 13.2 Å². The van der Waals surface area contributed by atoms with Crippen molar-refractivity contribution in [2.24, 2.45) is 0 Å². The topological polar surface area (TPSA) is 24.5 Å². The summed E-state index contributed by atoms with van der Waals surface area (Å²) in [4.78, 5) is 0. The normalized spacial score (nSPS) is 20.1. The minimum absolute atomic E-state index is 0.365. The van der Waals surface area contributed by atoms with Gasteiger partial charge in [-0.05, 0) is 12.5 Å². The molecule has 1 fully saturated rings. The number of morpholine rings is 1. The molecular formula is C12H18N2O. The Morgan fingerprint density at radius 3 is 2.53 bits per heavy atom. The third-order valence-corrected chi connectivity index (χ3v) is 2.69. The largest absolute Gasteiger partial charge is 0.379 e. The summed E-state index contributed by atoms with van der Waals surface area (Å²) in [6.07, 6.45) is 0. The van der Waals surface area contributed by atoms with Crippen LogP contribution >= 0.6 is 0 Å². The number of hydrogen-bond acceptors (Lipinski definition) is 3. The second-order valence-corrected chi connectivity index (χ2v) is 3.86. The summed E-state index contributed by atoms with van der Waals surface area (Å²) in [6, 6.07) is 10.9. The first-order valence-electron chi connectivity index (χ1n) is 5.50. The SMILES string of the molecule is CC(NN1CCOCC1)c1ccccc1. The van der Waals surface area contributed by atoms with Crippen molar-refractivity contribution in [3.63, 3.8) is 0 Å². The zero-order chi connectivity index (χ0) is 10.5. The van der Waals surface area contributed by atoms with Crippen molar-refractivity contribution in [1.82, 2.24) is 10.4 Å². The highest BCUT2D eigenvalue weighted by Crippen LogP contribution is 2.12. The Balaban J connectivity index is 1.88. The summed E-state index contributed by atoms with van der Waals surface area (Å²) in [5, 5.41) is 2.24. The van der Waals surface area contributed by atoms with Crippen molar-refractivity contribution in [2.75, 3.05) is 26.3 Å². The van der Waals surface area contributed by atoms with Crippen LogP contribution in [0.3, 0.4) is 0 Å². The first-order valence-corrected chi connectivity index (χ1v) is 5.50. The van der Waals surface area contributed by atoms with Crippen LogP contribution in [0, 0.1) is 0 Å². The number of nitrogens with one attached hydrogen (secondary N) is 1. The van der Waals surface area contributed by atoms with Gasteiger partial charge in [-0.3, -0.25) is 0 Å². The number of nitrogens with zero attached hydrogens (tertiary/aromatic N) is 1. The van der Waals surface area contributed by atoms with Crippen LogP contribution < -0.4 is 5.43 Å². The van der Waals surface area contributed by atoms with Gasteiger partial charge in [0.2, 0.25) is 0 Å². The van der Waals surface area contributed by atoms with E-state index in [0.717, 1.165) is 26.3 Å². The lowest BCUT2D eigenvalue weighted by atomic mass is 10.1. The van der Waals surface area contributed by atoms with E-state index in [1.165, 1.54) is 5.56 Å². The molecule has 1 N–H and O–H groups in total. The molecule has 0 spiro atoms. The fourth-order valence-corrected chi connectivity index (χ4v) is 1.78. The average Bonchev–Trinajstić information content (AvgIpc) is 2.31. The van der Waals surface area contributed by atoms with Gasteiger partial charge >= 0.3 is 0 Å². The molecule has 1 saturated heterocycles. The molecule has 0 amide bonds. The lowest BCUT2D eigenvalue weighted by molar-refractivity contribution is 0.00484. The van der Waals surface area contributed by atoms with Gasteiger partial charge in [0.15, 0.2) is 0 Å². The molecule has 2 rings (SSSR count). The van der Waals surface area contributed by atoms with Gasteiger partial charge in [0.1, 0.15) is 0 Å². The van der Waals surface area contributed by atoms with Crippen molar-refractivity contribution in [1.29, 1.82) is 0 Å². The lowest BCUT2D eigenvalue weighted by Gasteiger charge is -2.30.